The number of aryl methyl sites for hydroxylation is 2. The highest BCUT2D eigenvalue weighted by molar-refractivity contribution is 5.84. The van der Waals surface area contributed by atoms with E-state index in [2.05, 4.69) is 22.1 Å². The van der Waals surface area contributed by atoms with Crippen LogP contribution in [-0.2, 0) is 36.1 Å². The Bertz CT molecular complexity index is 1550. The van der Waals surface area contributed by atoms with Crippen molar-refractivity contribution >= 4 is 23.2 Å². The largest absolute Gasteiger partial charge is 0.346 e. The summed E-state index contributed by atoms with van der Waals surface area (Å²) < 4.78 is 30.7. The monoisotopic (exact) mass is 559 g/mol. The zero-order valence-electron chi connectivity index (χ0n) is 23.6. The van der Waals surface area contributed by atoms with E-state index < -0.39 is 6.43 Å². The minimum absolute atomic E-state index is 0.00269. The van der Waals surface area contributed by atoms with Crippen LogP contribution in [0.2, 0.25) is 0 Å². The average molecular weight is 560 g/mol. The van der Waals surface area contributed by atoms with E-state index in [4.69, 9.17) is 0 Å². The number of piperidine rings is 1. The number of nitrogens with zero attached hydrogens (tertiary/aromatic N) is 5. The molecule has 7 nitrogen and oxygen atoms in total. The van der Waals surface area contributed by atoms with E-state index in [1.54, 1.807) is 35.1 Å². The number of alkyl halides is 2. The number of anilines is 2. The lowest BCUT2D eigenvalue weighted by Gasteiger charge is -2.35. The SMILES string of the molecule is CN1CCC(c2cc3c(c(N4CCCc5cc(-c6cnn(C)c6)c(C(F)F)cc54)c2)CN(C(=O)C2CC2)C3)CC1=O. The second kappa shape index (κ2) is 9.96. The molecule has 4 aliphatic rings. The van der Waals surface area contributed by atoms with E-state index in [0.29, 0.717) is 43.7 Å². The summed E-state index contributed by atoms with van der Waals surface area (Å²) in [7, 11) is 3.63. The normalized spacial score (nSPS) is 20.6. The van der Waals surface area contributed by atoms with Crippen LogP contribution in [0, 0.1) is 5.92 Å². The molecule has 0 bridgehead atoms. The molecule has 4 heterocycles. The first-order chi connectivity index (χ1) is 19.8. The number of hydrogen-bond acceptors (Lipinski definition) is 4. The molecule has 1 aromatic heterocycles. The van der Waals surface area contributed by atoms with Gasteiger partial charge in [-0.05, 0) is 78.5 Å². The third-order valence-corrected chi connectivity index (χ3v) is 9.33. The van der Waals surface area contributed by atoms with E-state index in [1.165, 1.54) is 0 Å². The van der Waals surface area contributed by atoms with Crippen molar-refractivity contribution in [2.24, 2.45) is 13.0 Å². The van der Waals surface area contributed by atoms with Gasteiger partial charge in [-0.2, -0.15) is 5.10 Å². The Morgan fingerprint density at radius 3 is 2.54 bits per heavy atom. The second-order valence-corrected chi connectivity index (χ2v) is 12.2. The smallest absolute Gasteiger partial charge is 0.264 e. The third kappa shape index (κ3) is 4.69. The van der Waals surface area contributed by atoms with Gasteiger partial charge >= 0.3 is 0 Å². The van der Waals surface area contributed by atoms with Gasteiger partial charge in [-0.1, -0.05) is 6.07 Å². The van der Waals surface area contributed by atoms with Crippen LogP contribution in [0.3, 0.4) is 0 Å². The molecule has 1 aliphatic carbocycles. The Balaban J connectivity index is 1.33. The molecule has 0 N–H and O–H groups in total. The van der Waals surface area contributed by atoms with Crippen LogP contribution < -0.4 is 4.90 Å². The Kier molecular flexibility index (Phi) is 6.36. The highest BCUT2D eigenvalue weighted by Gasteiger charge is 2.38. The van der Waals surface area contributed by atoms with Crippen LogP contribution in [0.4, 0.5) is 20.2 Å². The van der Waals surface area contributed by atoms with Crippen molar-refractivity contribution in [3.8, 4) is 11.1 Å². The van der Waals surface area contributed by atoms with Crippen molar-refractivity contribution in [3.63, 3.8) is 0 Å². The Hall–Kier alpha value is -3.75. The summed E-state index contributed by atoms with van der Waals surface area (Å²) in [5, 5.41) is 4.21. The number of halogens is 2. The van der Waals surface area contributed by atoms with Crippen LogP contribution in [-0.4, -0.2) is 51.5 Å². The highest BCUT2D eigenvalue weighted by atomic mass is 19.3. The summed E-state index contributed by atoms with van der Waals surface area (Å²) in [6, 6.07) is 7.97. The van der Waals surface area contributed by atoms with Gasteiger partial charge in [0.05, 0.1) is 6.20 Å². The topological polar surface area (TPSA) is 61.7 Å². The molecule has 1 atom stereocenters. The van der Waals surface area contributed by atoms with Crippen molar-refractivity contribution < 1.29 is 18.4 Å². The van der Waals surface area contributed by atoms with Gasteiger partial charge in [-0.3, -0.25) is 14.3 Å². The molecule has 41 heavy (non-hydrogen) atoms. The first-order valence-corrected chi connectivity index (χ1v) is 14.7. The van der Waals surface area contributed by atoms with Gasteiger partial charge in [0, 0.05) is 86.9 Å². The highest BCUT2D eigenvalue weighted by Crippen LogP contribution is 2.46. The van der Waals surface area contributed by atoms with E-state index in [0.717, 1.165) is 65.7 Å². The first-order valence-electron chi connectivity index (χ1n) is 14.7. The summed E-state index contributed by atoms with van der Waals surface area (Å²) in [5.74, 6) is 0.587. The van der Waals surface area contributed by atoms with Crippen LogP contribution >= 0.6 is 0 Å². The number of rotatable bonds is 5. The molecule has 214 valence electrons. The second-order valence-electron chi connectivity index (χ2n) is 12.2. The summed E-state index contributed by atoms with van der Waals surface area (Å²) in [4.78, 5) is 31.7. The molecule has 0 radical (unpaired) electrons. The molecule has 1 saturated heterocycles. The Morgan fingerprint density at radius 2 is 1.83 bits per heavy atom. The fourth-order valence-corrected chi connectivity index (χ4v) is 6.85. The summed E-state index contributed by atoms with van der Waals surface area (Å²) >= 11 is 0. The predicted molar refractivity (Wildman–Crippen MR) is 152 cm³/mol. The number of benzene rings is 2. The van der Waals surface area contributed by atoms with E-state index in [1.807, 2.05) is 18.0 Å². The Labute approximate surface area is 238 Å². The van der Waals surface area contributed by atoms with E-state index in [9.17, 15) is 18.4 Å². The van der Waals surface area contributed by atoms with Crippen molar-refractivity contribution in [2.75, 3.05) is 25.0 Å². The molecular weight excluding hydrogens is 524 g/mol. The summed E-state index contributed by atoms with van der Waals surface area (Å²) in [5.41, 5.74) is 7.38. The fourth-order valence-electron chi connectivity index (χ4n) is 6.85. The number of likely N-dealkylation sites (tertiary alicyclic amines) is 1. The fraction of sp³-hybridized carbons (Fsp3) is 0.469. The molecule has 9 heteroatoms. The van der Waals surface area contributed by atoms with Crippen molar-refractivity contribution in [2.45, 2.75) is 64.0 Å². The number of amides is 2. The Morgan fingerprint density at radius 1 is 1.00 bits per heavy atom. The molecule has 7 rings (SSSR count). The van der Waals surface area contributed by atoms with Crippen LogP contribution in [0.1, 0.15) is 72.3 Å². The van der Waals surface area contributed by atoms with Crippen molar-refractivity contribution in [3.05, 3.63) is 64.5 Å². The minimum Gasteiger partial charge on any atom is -0.346 e. The number of aromatic nitrogens is 2. The number of fused-ring (bicyclic) bond motifs is 2. The van der Waals surface area contributed by atoms with Gasteiger partial charge in [0.25, 0.3) is 6.43 Å². The summed E-state index contributed by atoms with van der Waals surface area (Å²) in [6.07, 6.45) is 5.73. The lowest BCUT2D eigenvalue weighted by molar-refractivity contribution is -0.133. The summed E-state index contributed by atoms with van der Waals surface area (Å²) in [6.45, 7) is 2.52. The number of hydrogen-bond donors (Lipinski definition) is 0. The van der Waals surface area contributed by atoms with Gasteiger partial charge < -0.3 is 14.7 Å². The number of carbonyl (C=O) groups is 2. The van der Waals surface area contributed by atoms with E-state index >= 15 is 0 Å². The van der Waals surface area contributed by atoms with Crippen LogP contribution in [0.5, 0.6) is 0 Å². The van der Waals surface area contributed by atoms with Crippen molar-refractivity contribution in [1.29, 1.82) is 0 Å². The predicted octanol–water partition coefficient (Wildman–Crippen LogP) is 5.70. The van der Waals surface area contributed by atoms with Gasteiger partial charge in [0.15, 0.2) is 0 Å². The maximum Gasteiger partial charge on any atom is 0.264 e. The molecule has 0 spiro atoms. The molecule has 2 aromatic carbocycles. The molecule has 3 aliphatic heterocycles. The third-order valence-electron chi connectivity index (χ3n) is 9.33. The molecule has 1 unspecified atom stereocenters. The van der Waals surface area contributed by atoms with Gasteiger partial charge in [-0.25, -0.2) is 8.78 Å². The lowest BCUT2D eigenvalue weighted by atomic mass is 9.86. The minimum atomic E-state index is -2.63. The molecule has 2 fully saturated rings. The van der Waals surface area contributed by atoms with Gasteiger partial charge in [0.1, 0.15) is 0 Å². The van der Waals surface area contributed by atoms with E-state index in [-0.39, 0.29) is 29.2 Å². The zero-order valence-corrected chi connectivity index (χ0v) is 23.6. The number of carbonyl (C=O) groups excluding carboxylic acids is 2. The average Bonchev–Trinajstić information content (AvgIpc) is 3.58. The maximum atomic E-state index is 14.5. The molecule has 3 aromatic rings. The molecule has 1 saturated carbocycles. The quantitative estimate of drug-likeness (QED) is 0.403. The molecular formula is C32H35F2N5O2. The zero-order chi connectivity index (χ0) is 28.4. The van der Waals surface area contributed by atoms with Crippen LogP contribution in [0.25, 0.3) is 11.1 Å². The lowest BCUT2D eigenvalue weighted by Crippen LogP contribution is -2.35. The van der Waals surface area contributed by atoms with Gasteiger partial charge in [0.2, 0.25) is 11.8 Å². The first kappa shape index (κ1) is 26.2. The van der Waals surface area contributed by atoms with Crippen molar-refractivity contribution in [1.82, 2.24) is 19.6 Å². The molecule has 2 amide bonds. The van der Waals surface area contributed by atoms with Gasteiger partial charge in [-0.15, -0.1) is 0 Å². The van der Waals surface area contributed by atoms with Crippen LogP contribution in [0.15, 0.2) is 36.7 Å². The standard InChI is InChI=1S/C32H35F2N5O2/c1-36-9-7-20(13-30(36)40)22-10-23-17-38(32(41)19-5-6-19)18-27(23)29(12-22)39-8-3-4-21-11-25(24-15-35-37(2)16-24)26(31(33)34)14-28(21)39/h10-12,14-16,19-20,31H,3-9,13,17-18H2,1-2H3. The maximum absolute atomic E-state index is 14.5.